The van der Waals surface area contributed by atoms with Crippen molar-refractivity contribution >= 4 is 11.3 Å². The van der Waals surface area contributed by atoms with E-state index in [0.717, 1.165) is 17.2 Å². The number of hydrogen-bond acceptors (Lipinski definition) is 5. The normalized spacial score (nSPS) is 26.8. The molecule has 0 saturated carbocycles. The van der Waals surface area contributed by atoms with Gasteiger partial charge in [0.05, 0.1) is 22.9 Å². The van der Waals surface area contributed by atoms with Crippen molar-refractivity contribution in [1.82, 2.24) is 9.88 Å². The molecule has 0 radical (unpaired) electrons. The van der Waals surface area contributed by atoms with Gasteiger partial charge in [0.15, 0.2) is 0 Å². The van der Waals surface area contributed by atoms with Crippen LogP contribution in [-0.4, -0.2) is 45.4 Å². The highest BCUT2D eigenvalue weighted by atomic mass is 32.1. The van der Waals surface area contributed by atoms with Gasteiger partial charge in [-0.1, -0.05) is 13.8 Å². The molecule has 0 amide bonds. The van der Waals surface area contributed by atoms with E-state index in [4.69, 9.17) is 0 Å². The summed E-state index contributed by atoms with van der Waals surface area (Å²) < 4.78 is 0. The molecule has 1 aliphatic rings. The molecule has 4 nitrogen and oxygen atoms in total. The van der Waals surface area contributed by atoms with Crippen LogP contribution in [0.15, 0.2) is 5.38 Å². The van der Waals surface area contributed by atoms with Gasteiger partial charge in [0, 0.05) is 30.9 Å². The molecule has 0 bridgehead atoms. The third-order valence-electron chi connectivity index (χ3n) is 2.78. The van der Waals surface area contributed by atoms with Crippen LogP contribution in [0.5, 0.6) is 0 Å². The van der Waals surface area contributed by atoms with E-state index < -0.39 is 12.2 Å². The molecule has 0 spiro atoms. The molecule has 2 heterocycles. The molecule has 1 aliphatic heterocycles. The molecular weight excluding hydrogens is 224 g/mol. The van der Waals surface area contributed by atoms with Crippen molar-refractivity contribution in [2.24, 2.45) is 0 Å². The van der Waals surface area contributed by atoms with Crippen LogP contribution < -0.4 is 0 Å². The minimum absolute atomic E-state index is 0.466. The first kappa shape index (κ1) is 12.0. The van der Waals surface area contributed by atoms with Crippen molar-refractivity contribution in [3.8, 4) is 0 Å². The molecule has 5 heteroatoms. The summed E-state index contributed by atoms with van der Waals surface area (Å²) in [5.41, 5.74) is 1.04. The van der Waals surface area contributed by atoms with E-state index in [1.165, 1.54) is 0 Å². The summed E-state index contributed by atoms with van der Waals surface area (Å²) in [6.45, 7) is 6.06. The summed E-state index contributed by atoms with van der Waals surface area (Å²) in [6, 6.07) is 0. The number of nitrogens with zero attached hydrogens (tertiary/aromatic N) is 2. The van der Waals surface area contributed by atoms with Gasteiger partial charge in [0.25, 0.3) is 0 Å². The number of aliphatic hydroxyl groups excluding tert-OH is 2. The summed E-state index contributed by atoms with van der Waals surface area (Å²) >= 11 is 1.68. The van der Waals surface area contributed by atoms with Gasteiger partial charge < -0.3 is 10.2 Å². The van der Waals surface area contributed by atoms with Gasteiger partial charge in [-0.05, 0) is 0 Å². The smallest absolute Gasteiger partial charge is 0.0954 e. The van der Waals surface area contributed by atoms with Gasteiger partial charge in [0.1, 0.15) is 0 Å². The van der Waals surface area contributed by atoms with Crippen molar-refractivity contribution < 1.29 is 10.2 Å². The van der Waals surface area contributed by atoms with Crippen LogP contribution in [0.25, 0.3) is 0 Å². The molecule has 1 aromatic heterocycles. The largest absolute Gasteiger partial charge is 0.389 e. The van der Waals surface area contributed by atoms with Gasteiger partial charge in [-0.3, -0.25) is 4.90 Å². The number of aliphatic hydroxyl groups is 2. The number of hydrogen-bond donors (Lipinski definition) is 2. The molecule has 90 valence electrons. The van der Waals surface area contributed by atoms with Crippen LogP contribution in [-0.2, 0) is 6.54 Å². The molecule has 1 saturated heterocycles. The van der Waals surface area contributed by atoms with E-state index in [1.807, 2.05) is 4.90 Å². The lowest BCUT2D eigenvalue weighted by molar-refractivity contribution is 0.0572. The summed E-state index contributed by atoms with van der Waals surface area (Å²) in [4.78, 5) is 6.57. The third-order valence-corrected chi connectivity index (χ3v) is 3.98. The summed E-state index contributed by atoms with van der Waals surface area (Å²) in [5, 5.41) is 22.1. The quantitative estimate of drug-likeness (QED) is 0.823. The molecule has 2 rings (SSSR count). The highest BCUT2D eigenvalue weighted by molar-refractivity contribution is 7.09. The Bertz CT molecular complexity index is 344. The third kappa shape index (κ3) is 2.60. The zero-order valence-electron chi connectivity index (χ0n) is 9.63. The van der Waals surface area contributed by atoms with Crippen molar-refractivity contribution in [3.63, 3.8) is 0 Å². The summed E-state index contributed by atoms with van der Waals surface area (Å²) in [7, 11) is 0. The van der Waals surface area contributed by atoms with Crippen LogP contribution in [0.1, 0.15) is 30.5 Å². The van der Waals surface area contributed by atoms with Gasteiger partial charge in [0.2, 0.25) is 0 Å². The second-order valence-electron chi connectivity index (χ2n) is 4.66. The fourth-order valence-electron chi connectivity index (χ4n) is 1.87. The molecule has 16 heavy (non-hydrogen) atoms. The average molecular weight is 242 g/mol. The molecular formula is C11H18N2O2S. The minimum Gasteiger partial charge on any atom is -0.389 e. The predicted octanol–water partition coefficient (Wildman–Crippen LogP) is 0.804. The maximum Gasteiger partial charge on any atom is 0.0954 e. The highest BCUT2D eigenvalue weighted by Crippen LogP contribution is 2.21. The van der Waals surface area contributed by atoms with Crippen LogP contribution >= 0.6 is 11.3 Å². The maximum absolute atomic E-state index is 9.43. The Kier molecular flexibility index (Phi) is 3.59. The van der Waals surface area contributed by atoms with Gasteiger partial charge >= 0.3 is 0 Å². The van der Waals surface area contributed by atoms with Crippen molar-refractivity contribution in [3.05, 3.63) is 16.1 Å². The molecule has 1 fully saturated rings. The Hall–Kier alpha value is -0.490. The number of rotatable bonds is 3. The zero-order chi connectivity index (χ0) is 11.7. The molecule has 0 aromatic carbocycles. The monoisotopic (exact) mass is 242 g/mol. The first-order valence-corrected chi connectivity index (χ1v) is 6.47. The Balaban J connectivity index is 1.94. The Morgan fingerprint density at radius 1 is 1.44 bits per heavy atom. The number of aromatic nitrogens is 1. The fraction of sp³-hybridized carbons (Fsp3) is 0.727. The Morgan fingerprint density at radius 3 is 2.56 bits per heavy atom. The van der Waals surface area contributed by atoms with E-state index in [2.05, 4.69) is 24.2 Å². The summed E-state index contributed by atoms with van der Waals surface area (Å²) in [6.07, 6.45) is -1.22. The Labute approximate surface area is 99.6 Å². The van der Waals surface area contributed by atoms with E-state index in [1.54, 1.807) is 11.3 Å². The van der Waals surface area contributed by atoms with E-state index >= 15 is 0 Å². The fourth-order valence-corrected chi connectivity index (χ4v) is 2.69. The first-order valence-electron chi connectivity index (χ1n) is 5.59. The molecule has 2 atom stereocenters. The van der Waals surface area contributed by atoms with Crippen molar-refractivity contribution in [2.75, 3.05) is 13.1 Å². The van der Waals surface area contributed by atoms with Crippen LogP contribution in [0.3, 0.4) is 0 Å². The lowest BCUT2D eigenvalue weighted by Crippen LogP contribution is -2.22. The maximum atomic E-state index is 9.43. The van der Waals surface area contributed by atoms with Crippen LogP contribution in [0.2, 0.25) is 0 Å². The number of thiazole rings is 1. The molecule has 2 N–H and O–H groups in total. The first-order chi connectivity index (χ1) is 7.56. The lowest BCUT2D eigenvalue weighted by atomic mass is 10.2. The predicted molar refractivity (Wildman–Crippen MR) is 63.5 cm³/mol. The molecule has 1 aromatic rings. The second-order valence-corrected chi connectivity index (χ2v) is 5.55. The highest BCUT2D eigenvalue weighted by Gasteiger charge is 2.29. The van der Waals surface area contributed by atoms with Crippen molar-refractivity contribution in [2.45, 2.75) is 38.5 Å². The summed E-state index contributed by atoms with van der Waals surface area (Å²) in [5.74, 6) is 0.466. The Morgan fingerprint density at radius 2 is 2.06 bits per heavy atom. The number of likely N-dealkylation sites (tertiary alicyclic amines) is 1. The van der Waals surface area contributed by atoms with Crippen LogP contribution in [0, 0.1) is 0 Å². The minimum atomic E-state index is -0.608. The zero-order valence-corrected chi connectivity index (χ0v) is 10.4. The standard InChI is InChI=1S/C11H18N2O2S/c1-7(2)11-12-8(6-16-11)3-13-4-9(14)10(15)5-13/h6-7,9-10,14-15H,3-5H2,1-2H3. The van der Waals surface area contributed by atoms with Gasteiger partial charge in [-0.25, -0.2) is 4.98 Å². The van der Waals surface area contributed by atoms with Crippen molar-refractivity contribution in [1.29, 1.82) is 0 Å². The van der Waals surface area contributed by atoms with Crippen LogP contribution in [0.4, 0.5) is 0 Å². The lowest BCUT2D eigenvalue weighted by Gasteiger charge is -2.12. The van der Waals surface area contributed by atoms with E-state index in [9.17, 15) is 10.2 Å². The second kappa shape index (κ2) is 4.79. The van der Waals surface area contributed by atoms with Gasteiger partial charge in [-0.15, -0.1) is 11.3 Å². The topological polar surface area (TPSA) is 56.6 Å². The van der Waals surface area contributed by atoms with E-state index in [0.29, 0.717) is 19.0 Å². The average Bonchev–Trinajstić information content (AvgIpc) is 2.76. The molecule has 2 unspecified atom stereocenters. The number of β-amino-alcohol motifs (C(OH)–C–C–N with tert-alkyl or cyclic N) is 2. The SMILES string of the molecule is CC(C)c1nc(CN2CC(O)C(O)C2)cs1. The van der Waals surface area contributed by atoms with E-state index in [-0.39, 0.29) is 0 Å². The van der Waals surface area contributed by atoms with Gasteiger partial charge in [-0.2, -0.15) is 0 Å². The molecule has 0 aliphatic carbocycles.